The Morgan fingerprint density at radius 2 is 1.61 bits per heavy atom. The molecule has 4 aromatic carbocycles. The highest BCUT2D eigenvalue weighted by Gasteiger charge is 2.14. The van der Waals surface area contributed by atoms with Gasteiger partial charge in [-0.05, 0) is 77.1 Å². The fourth-order valence-electron chi connectivity index (χ4n) is 4.94. The number of carboxylic acid groups (broad SMARTS) is 1. The maximum Gasteiger partial charge on any atom is 0.335 e. The summed E-state index contributed by atoms with van der Waals surface area (Å²) in [5, 5.41) is 12.9. The summed E-state index contributed by atoms with van der Waals surface area (Å²) >= 11 is 0. The first-order chi connectivity index (χ1) is 19.9. The van der Waals surface area contributed by atoms with Crippen molar-refractivity contribution < 1.29 is 14.7 Å². The van der Waals surface area contributed by atoms with E-state index in [9.17, 15) is 14.7 Å². The molecule has 0 aliphatic carbocycles. The van der Waals surface area contributed by atoms with E-state index in [-0.39, 0.29) is 11.8 Å². The van der Waals surface area contributed by atoms with E-state index in [2.05, 4.69) is 58.6 Å². The van der Waals surface area contributed by atoms with Gasteiger partial charge in [-0.1, -0.05) is 55.5 Å². The molecular weight excluding hydrogens is 512 g/mol. The summed E-state index contributed by atoms with van der Waals surface area (Å²) in [5.74, 6) is -0.702. The van der Waals surface area contributed by atoms with Crippen LogP contribution in [0.2, 0.25) is 0 Å². The summed E-state index contributed by atoms with van der Waals surface area (Å²) in [5.41, 5.74) is 7.47. The molecule has 1 aromatic heterocycles. The van der Waals surface area contributed by atoms with Crippen molar-refractivity contribution in [3.05, 3.63) is 126 Å². The number of benzene rings is 4. The summed E-state index contributed by atoms with van der Waals surface area (Å²) < 4.78 is 0. The number of fused-ring (bicyclic) bond motifs is 1. The molecule has 41 heavy (non-hydrogen) atoms. The summed E-state index contributed by atoms with van der Waals surface area (Å²) in [7, 11) is 1.80. The van der Waals surface area contributed by atoms with Crippen LogP contribution in [-0.2, 0) is 13.0 Å². The molecule has 0 aliphatic heterocycles. The second-order valence-electron chi connectivity index (χ2n) is 10.4. The molecule has 1 heterocycles. The molecule has 0 radical (unpaired) electrons. The van der Waals surface area contributed by atoms with Gasteiger partial charge in [0, 0.05) is 43.8 Å². The van der Waals surface area contributed by atoms with E-state index in [1.807, 2.05) is 30.3 Å². The molecule has 206 valence electrons. The summed E-state index contributed by atoms with van der Waals surface area (Å²) in [4.78, 5) is 34.9. The summed E-state index contributed by atoms with van der Waals surface area (Å²) in [6, 6.07) is 29.1. The van der Waals surface area contributed by atoms with Crippen LogP contribution in [-0.4, -0.2) is 45.4 Å². The van der Waals surface area contributed by atoms with Crippen molar-refractivity contribution in [3.63, 3.8) is 0 Å². The lowest BCUT2D eigenvalue weighted by molar-refractivity contribution is 0.0694. The van der Waals surface area contributed by atoms with Gasteiger partial charge in [0.05, 0.1) is 16.6 Å². The summed E-state index contributed by atoms with van der Waals surface area (Å²) in [6.07, 6.45) is 3.95. The van der Waals surface area contributed by atoms with Gasteiger partial charge in [0.15, 0.2) is 0 Å². The second kappa shape index (κ2) is 12.4. The van der Waals surface area contributed by atoms with Crippen molar-refractivity contribution in [2.75, 3.05) is 18.9 Å². The van der Waals surface area contributed by atoms with Gasteiger partial charge in [0.25, 0.3) is 5.91 Å². The quantitative estimate of drug-likeness (QED) is 0.207. The van der Waals surface area contributed by atoms with Crippen LogP contribution in [0.5, 0.6) is 0 Å². The van der Waals surface area contributed by atoms with E-state index in [1.165, 1.54) is 0 Å². The van der Waals surface area contributed by atoms with Crippen LogP contribution in [0.4, 0.5) is 5.69 Å². The molecule has 0 saturated carbocycles. The van der Waals surface area contributed by atoms with Gasteiger partial charge >= 0.3 is 5.97 Å². The molecule has 0 bridgehead atoms. The van der Waals surface area contributed by atoms with Gasteiger partial charge in [0.1, 0.15) is 0 Å². The van der Waals surface area contributed by atoms with Crippen molar-refractivity contribution >= 4 is 28.6 Å². The van der Waals surface area contributed by atoms with Gasteiger partial charge < -0.3 is 15.3 Å². The first-order valence-electron chi connectivity index (χ1n) is 13.6. The molecule has 0 aliphatic rings. The first kappa shape index (κ1) is 27.5. The predicted molar refractivity (Wildman–Crippen MR) is 162 cm³/mol. The molecule has 0 spiro atoms. The van der Waals surface area contributed by atoms with Crippen molar-refractivity contribution in [1.82, 2.24) is 14.9 Å². The highest BCUT2D eigenvalue weighted by atomic mass is 16.4. The normalized spacial score (nSPS) is 11.7. The van der Waals surface area contributed by atoms with Crippen LogP contribution in [0, 0.1) is 5.92 Å². The van der Waals surface area contributed by atoms with Crippen LogP contribution in [0.1, 0.15) is 38.8 Å². The number of amides is 1. The number of carboxylic acids is 1. The second-order valence-corrected chi connectivity index (χ2v) is 10.4. The van der Waals surface area contributed by atoms with E-state index in [1.54, 1.807) is 48.6 Å². The zero-order chi connectivity index (χ0) is 28.8. The molecule has 1 atom stereocenters. The Morgan fingerprint density at radius 1 is 0.854 bits per heavy atom. The van der Waals surface area contributed by atoms with Crippen LogP contribution >= 0.6 is 0 Å². The number of anilines is 1. The first-order valence-corrected chi connectivity index (χ1v) is 13.6. The number of aromatic nitrogens is 2. The Hall–Kier alpha value is -5.04. The smallest absolute Gasteiger partial charge is 0.335 e. The molecule has 5 aromatic rings. The van der Waals surface area contributed by atoms with Crippen LogP contribution in [0.25, 0.3) is 22.2 Å². The Bertz CT molecular complexity index is 1680. The van der Waals surface area contributed by atoms with E-state index in [0.29, 0.717) is 29.6 Å². The molecule has 5 rings (SSSR count). The Labute approximate surface area is 239 Å². The third-order valence-corrected chi connectivity index (χ3v) is 7.10. The monoisotopic (exact) mass is 544 g/mol. The summed E-state index contributed by atoms with van der Waals surface area (Å²) in [6.45, 7) is 3.32. The number of rotatable bonds is 10. The van der Waals surface area contributed by atoms with Gasteiger partial charge in [-0.2, -0.15) is 0 Å². The number of aromatic carboxylic acids is 1. The molecule has 1 amide bonds. The molecule has 0 saturated heterocycles. The van der Waals surface area contributed by atoms with Crippen LogP contribution < -0.4 is 5.32 Å². The maximum absolute atomic E-state index is 13.1. The van der Waals surface area contributed by atoms with Gasteiger partial charge in [-0.3, -0.25) is 14.8 Å². The maximum atomic E-state index is 13.1. The standard InChI is InChI=1S/C34H32N4O3/c1-23(18-27-7-3-4-9-30(27)34(40)41)21-37-29-13-10-25(11-14-29)26-8-5-6-24(19-26)22-38(2)33(39)28-12-15-31-32(20-28)36-17-16-35-31/h3-17,19-20,23,37H,18,21-22H2,1-2H3,(H,40,41). The third kappa shape index (κ3) is 6.76. The average Bonchev–Trinajstić information content (AvgIpc) is 3.00. The highest BCUT2D eigenvalue weighted by molar-refractivity contribution is 5.97. The Morgan fingerprint density at radius 3 is 2.39 bits per heavy atom. The molecular formula is C34H32N4O3. The van der Waals surface area contributed by atoms with Crippen molar-refractivity contribution in [2.24, 2.45) is 5.92 Å². The van der Waals surface area contributed by atoms with E-state index < -0.39 is 5.97 Å². The fourth-order valence-corrected chi connectivity index (χ4v) is 4.94. The Kier molecular flexibility index (Phi) is 8.34. The van der Waals surface area contributed by atoms with Crippen molar-refractivity contribution in [3.8, 4) is 11.1 Å². The fraction of sp³-hybridized carbons (Fsp3) is 0.176. The largest absolute Gasteiger partial charge is 0.478 e. The van der Waals surface area contributed by atoms with Gasteiger partial charge in [-0.25, -0.2) is 4.79 Å². The van der Waals surface area contributed by atoms with Gasteiger partial charge in [-0.15, -0.1) is 0 Å². The third-order valence-electron chi connectivity index (χ3n) is 7.10. The minimum absolute atomic E-state index is 0.0703. The number of nitrogens with one attached hydrogen (secondary N) is 1. The zero-order valence-corrected chi connectivity index (χ0v) is 23.1. The Balaban J connectivity index is 1.19. The van der Waals surface area contributed by atoms with Crippen molar-refractivity contribution in [1.29, 1.82) is 0 Å². The van der Waals surface area contributed by atoms with Crippen LogP contribution in [0.15, 0.2) is 103 Å². The molecule has 7 nitrogen and oxygen atoms in total. The number of hydrogen-bond donors (Lipinski definition) is 2. The predicted octanol–water partition coefficient (Wildman–Crippen LogP) is 6.56. The van der Waals surface area contributed by atoms with Gasteiger partial charge in [0.2, 0.25) is 0 Å². The highest BCUT2D eigenvalue weighted by Crippen LogP contribution is 2.24. The van der Waals surface area contributed by atoms with E-state index in [0.717, 1.165) is 40.0 Å². The molecule has 1 unspecified atom stereocenters. The number of carbonyl (C=O) groups excluding carboxylic acids is 1. The van der Waals surface area contributed by atoms with Crippen LogP contribution in [0.3, 0.4) is 0 Å². The number of carbonyl (C=O) groups is 2. The lowest BCUT2D eigenvalue weighted by Gasteiger charge is -2.18. The molecule has 0 fully saturated rings. The number of hydrogen-bond acceptors (Lipinski definition) is 5. The number of nitrogens with zero attached hydrogens (tertiary/aromatic N) is 3. The topological polar surface area (TPSA) is 95.4 Å². The average molecular weight is 545 g/mol. The zero-order valence-electron chi connectivity index (χ0n) is 23.1. The molecule has 7 heteroatoms. The lowest BCUT2D eigenvalue weighted by Crippen LogP contribution is -2.26. The lowest BCUT2D eigenvalue weighted by atomic mass is 9.96. The van der Waals surface area contributed by atoms with Crippen molar-refractivity contribution in [2.45, 2.75) is 19.9 Å². The molecule has 2 N–H and O–H groups in total. The minimum atomic E-state index is -0.890. The van der Waals surface area contributed by atoms with E-state index in [4.69, 9.17) is 0 Å². The minimum Gasteiger partial charge on any atom is -0.478 e. The SMILES string of the molecule is CC(CNc1ccc(-c2cccc(CN(C)C(=O)c3ccc4nccnc4c3)c2)cc1)Cc1ccccc1C(=O)O. The van der Waals surface area contributed by atoms with E-state index >= 15 is 0 Å².